The second-order valence-electron chi connectivity index (χ2n) is 4.52. The van der Waals surface area contributed by atoms with E-state index in [1.165, 1.54) is 13.2 Å². The van der Waals surface area contributed by atoms with Gasteiger partial charge in [-0.25, -0.2) is 0 Å². The van der Waals surface area contributed by atoms with Crippen LogP contribution in [0.2, 0.25) is 0 Å². The summed E-state index contributed by atoms with van der Waals surface area (Å²) in [7, 11) is 0. The number of hydrogen-bond acceptors (Lipinski definition) is 4. The van der Waals surface area contributed by atoms with Gasteiger partial charge >= 0.3 is 0 Å². The molecule has 0 bridgehead atoms. The zero-order valence-electron chi connectivity index (χ0n) is 9.83. The molecule has 0 radical (unpaired) electrons. The minimum Gasteiger partial charge on any atom is -0.462 e. The van der Waals surface area contributed by atoms with Crippen LogP contribution in [0.25, 0.3) is 0 Å². The van der Waals surface area contributed by atoms with Crippen LogP contribution in [0.15, 0.2) is 36.6 Å². The lowest BCUT2D eigenvalue weighted by atomic mass is 9.81. The van der Waals surface area contributed by atoms with Crippen molar-refractivity contribution in [3.05, 3.63) is 47.7 Å². The van der Waals surface area contributed by atoms with Crippen LogP contribution < -0.4 is 0 Å². The quantitative estimate of drug-likeness (QED) is 0.763. The highest BCUT2D eigenvalue weighted by atomic mass is 16.7. The van der Waals surface area contributed by atoms with Crippen LogP contribution in [0.1, 0.15) is 28.9 Å². The van der Waals surface area contributed by atoms with Gasteiger partial charge in [0.1, 0.15) is 12.4 Å². The van der Waals surface area contributed by atoms with Crippen LogP contribution in [0.4, 0.5) is 0 Å². The first-order valence-electron chi connectivity index (χ1n) is 5.76. The van der Waals surface area contributed by atoms with E-state index in [1.807, 2.05) is 18.2 Å². The Morgan fingerprint density at radius 1 is 1.33 bits per heavy atom. The number of aldehydes is 1. The van der Waals surface area contributed by atoms with Crippen molar-refractivity contribution in [1.82, 2.24) is 0 Å². The van der Waals surface area contributed by atoms with E-state index < -0.39 is 5.79 Å². The van der Waals surface area contributed by atoms with Gasteiger partial charge in [0.2, 0.25) is 5.78 Å². The van der Waals surface area contributed by atoms with Gasteiger partial charge in [0.05, 0.1) is 12.2 Å². The van der Waals surface area contributed by atoms with Gasteiger partial charge in [-0.15, -0.1) is 0 Å². The van der Waals surface area contributed by atoms with E-state index in [9.17, 15) is 9.59 Å². The van der Waals surface area contributed by atoms with Gasteiger partial charge in [0.25, 0.3) is 5.79 Å². The van der Waals surface area contributed by atoms with Gasteiger partial charge in [-0.2, -0.15) is 0 Å². The van der Waals surface area contributed by atoms with Gasteiger partial charge in [0.15, 0.2) is 0 Å². The molecule has 1 fully saturated rings. The van der Waals surface area contributed by atoms with Gasteiger partial charge in [0, 0.05) is 12.5 Å². The largest absolute Gasteiger partial charge is 0.462 e. The average Bonchev–Trinajstić information content (AvgIpc) is 2.69. The van der Waals surface area contributed by atoms with Crippen LogP contribution in [0, 0.1) is 5.92 Å². The Bertz CT molecular complexity index is 531. The predicted molar refractivity (Wildman–Crippen MR) is 62.8 cm³/mol. The lowest BCUT2D eigenvalue weighted by molar-refractivity contribution is -0.320. The Kier molecular flexibility index (Phi) is 2.35. The average molecular weight is 244 g/mol. The van der Waals surface area contributed by atoms with Crippen LogP contribution in [-0.4, -0.2) is 17.9 Å². The van der Waals surface area contributed by atoms with E-state index in [1.54, 1.807) is 12.1 Å². The second kappa shape index (κ2) is 3.78. The maximum absolute atomic E-state index is 11.6. The van der Waals surface area contributed by atoms with E-state index in [0.717, 1.165) is 11.8 Å². The summed E-state index contributed by atoms with van der Waals surface area (Å²) in [5.41, 5.74) is 1.56. The number of carbonyl (C=O) groups excluding carboxylic acids is 2. The van der Waals surface area contributed by atoms with Crippen molar-refractivity contribution in [3.63, 3.8) is 0 Å². The highest BCUT2D eigenvalue weighted by Crippen LogP contribution is 2.53. The maximum atomic E-state index is 11.6. The summed E-state index contributed by atoms with van der Waals surface area (Å²) in [6, 6.07) is 7.15. The minimum absolute atomic E-state index is 0.0860. The fourth-order valence-electron chi connectivity index (χ4n) is 2.47. The van der Waals surface area contributed by atoms with Gasteiger partial charge < -0.3 is 9.47 Å². The number of fused-ring (bicyclic) bond motifs is 1. The van der Waals surface area contributed by atoms with Crippen molar-refractivity contribution < 1.29 is 19.1 Å². The predicted octanol–water partition coefficient (Wildman–Crippen LogP) is 2.02. The van der Waals surface area contributed by atoms with Gasteiger partial charge in [-0.05, 0) is 11.6 Å². The smallest absolute Gasteiger partial charge is 0.279 e. The summed E-state index contributed by atoms with van der Waals surface area (Å²) in [5.74, 6) is -1.33. The Morgan fingerprint density at radius 3 is 2.67 bits per heavy atom. The molecule has 0 aliphatic carbocycles. The Morgan fingerprint density at radius 2 is 2.06 bits per heavy atom. The molecular formula is C14H12O4. The van der Waals surface area contributed by atoms with Crippen molar-refractivity contribution >= 4 is 12.1 Å². The topological polar surface area (TPSA) is 52.6 Å². The lowest BCUT2D eigenvalue weighted by Crippen LogP contribution is -2.58. The summed E-state index contributed by atoms with van der Waals surface area (Å²) in [6.07, 6.45) is 3.98. The van der Waals surface area contributed by atoms with E-state index in [4.69, 9.17) is 9.47 Å². The van der Waals surface area contributed by atoms with Crippen molar-refractivity contribution in [1.29, 1.82) is 0 Å². The maximum Gasteiger partial charge on any atom is 0.279 e. The molecule has 1 saturated heterocycles. The molecular weight excluding hydrogens is 232 g/mol. The standard InChI is InChI=1S/C14H12O4/c1-9(16)14-12(6-7-17-14)13(18-14)11-4-2-10(8-15)3-5-11/h2-8,12-13H,1H3/t12-,13-,14+/m1/s1. The lowest BCUT2D eigenvalue weighted by Gasteiger charge is -2.47. The molecule has 2 aliphatic heterocycles. The summed E-state index contributed by atoms with van der Waals surface area (Å²) in [6.45, 7) is 1.46. The Balaban J connectivity index is 1.85. The highest BCUT2D eigenvalue weighted by molar-refractivity contribution is 5.86. The first kappa shape index (κ1) is 11.2. The van der Waals surface area contributed by atoms with Crippen molar-refractivity contribution in [2.24, 2.45) is 5.92 Å². The zero-order valence-corrected chi connectivity index (χ0v) is 9.83. The molecule has 2 aliphatic rings. The first-order chi connectivity index (χ1) is 8.67. The fourth-order valence-corrected chi connectivity index (χ4v) is 2.47. The molecule has 4 heteroatoms. The molecule has 92 valence electrons. The third-order valence-corrected chi connectivity index (χ3v) is 3.49. The molecule has 1 aromatic rings. The monoisotopic (exact) mass is 244 g/mol. The van der Waals surface area contributed by atoms with Crippen LogP contribution in [-0.2, 0) is 14.3 Å². The molecule has 0 amide bonds. The summed E-state index contributed by atoms with van der Waals surface area (Å²) < 4.78 is 10.9. The molecule has 0 spiro atoms. The number of rotatable bonds is 3. The minimum atomic E-state index is -1.12. The summed E-state index contributed by atoms with van der Waals surface area (Å²) in [5, 5.41) is 0. The molecule has 1 aromatic carbocycles. The van der Waals surface area contributed by atoms with Gasteiger partial charge in [-0.3, -0.25) is 9.59 Å². The van der Waals surface area contributed by atoms with Crippen LogP contribution in [0.5, 0.6) is 0 Å². The molecule has 3 atom stereocenters. The molecule has 3 rings (SSSR count). The highest BCUT2D eigenvalue weighted by Gasteiger charge is 2.62. The van der Waals surface area contributed by atoms with Crippen LogP contribution >= 0.6 is 0 Å². The van der Waals surface area contributed by atoms with Crippen molar-refractivity contribution in [2.75, 3.05) is 0 Å². The zero-order chi connectivity index (χ0) is 12.8. The SMILES string of the molecule is CC(=O)[C@@]12OC=C[C@@H]1[C@@H](c1ccc(C=O)cc1)O2. The molecule has 18 heavy (non-hydrogen) atoms. The number of Topliss-reactive ketones (excluding diaryl/α,β-unsaturated/α-hetero) is 1. The number of ether oxygens (including phenoxy) is 2. The molecule has 0 unspecified atom stereocenters. The van der Waals surface area contributed by atoms with E-state index >= 15 is 0 Å². The molecule has 0 saturated carbocycles. The number of benzene rings is 1. The van der Waals surface area contributed by atoms with Gasteiger partial charge in [-0.1, -0.05) is 24.3 Å². The summed E-state index contributed by atoms with van der Waals surface area (Å²) >= 11 is 0. The van der Waals surface area contributed by atoms with Crippen molar-refractivity contribution in [3.8, 4) is 0 Å². The Hall–Kier alpha value is -1.94. The third-order valence-electron chi connectivity index (χ3n) is 3.49. The molecule has 0 aromatic heterocycles. The normalized spacial score (nSPS) is 32.3. The number of hydrogen-bond donors (Lipinski definition) is 0. The molecule has 0 N–H and O–H groups in total. The fraction of sp³-hybridized carbons (Fsp3) is 0.286. The third kappa shape index (κ3) is 1.36. The first-order valence-corrected chi connectivity index (χ1v) is 5.76. The number of carbonyl (C=O) groups is 2. The van der Waals surface area contributed by atoms with E-state index in [0.29, 0.717) is 5.56 Å². The second-order valence-corrected chi connectivity index (χ2v) is 4.52. The molecule has 2 heterocycles. The summed E-state index contributed by atoms with van der Waals surface area (Å²) in [4.78, 5) is 22.2. The van der Waals surface area contributed by atoms with Crippen LogP contribution in [0.3, 0.4) is 0 Å². The van der Waals surface area contributed by atoms with E-state index in [2.05, 4.69) is 0 Å². The van der Waals surface area contributed by atoms with E-state index in [-0.39, 0.29) is 17.8 Å². The molecule has 4 nitrogen and oxygen atoms in total. The number of ketones is 1. The van der Waals surface area contributed by atoms with Crippen molar-refractivity contribution in [2.45, 2.75) is 18.8 Å². The Labute approximate surface area is 104 Å².